The first-order chi connectivity index (χ1) is 8.70. The van der Waals surface area contributed by atoms with Crippen LogP contribution in [0.25, 0.3) is 0 Å². The Morgan fingerprint density at radius 1 is 1.28 bits per heavy atom. The molecule has 1 aliphatic heterocycles. The molecule has 1 aliphatic rings. The van der Waals surface area contributed by atoms with Gasteiger partial charge in [0.25, 0.3) is 0 Å². The summed E-state index contributed by atoms with van der Waals surface area (Å²) in [5.41, 5.74) is 4.25. The molecule has 1 aromatic rings. The van der Waals surface area contributed by atoms with Gasteiger partial charge < -0.3 is 10.6 Å². The molecule has 0 aromatic heterocycles. The maximum Gasteiger partial charge on any atom is 0.0322 e. The zero-order chi connectivity index (χ0) is 13.0. The Hall–Kier alpha value is -0.860. The second-order valence-corrected chi connectivity index (χ2v) is 5.63. The van der Waals surface area contributed by atoms with Crippen LogP contribution in [0, 0.1) is 19.8 Å². The summed E-state index contributed by atoms with van der Waals surface area (Å²) in [5.74, 6) is 0.865. The standard InChI is InChI=1S/C16H26N2/c1-12-4-5-15(13(2)10-12)16(17-3)11-14-6-8-18-9-7-14/h4-5,10,14,16-18H,6-9,11H2,1-3H3. The van der Waals surface area contributed by atoms with Crippen LogP contribution in [0.4, 0.5) is 0 Å². The lowest BCUT2D eigenvalue weighted by molar-refractivity contribution is 0.318. The van der Waals surface area contributed by atoms with Crippen molar-refractivity contribution in [1.82, 2.24) is 10.6 Å². The predicted molar refractivity (Wildman–Crippen MR) is 77.9 cm³/mol. The Labute approximate surface area is 111 Å². The topological polar surface area (TPSA) is 24.1 Å². The zero-order valence-corrected chi connectivity index (χ0v) is 11.9. The van der Waals surface area contributed by atoms with Gasteiger partial charge in [-0.15, -0.1) is 0 Å². The van der Waals surface area contributed by atoms with Gasteiger partial charge in [0.2, 0.25) is 0 Å². The molecule has 2 nitrogen and oxygen atoms in total. The molecule has 1 aromatic carbocycles. The van der Waals surface area contributed by atoms with E-state index in [1.165, 1.54) is 49.0 Å². The lowest BCUT2D eigenvalue weighted by atomic mass is 9.87. The van der Waals surface area contributed by atoms with Crippen LogP contribution in [0.5, 0.6) is 0 Å². The van der Waals surface area contributed by atoms with Crippen LogP contribution >= 0.6 is 0 Å². The monoisotopic (exact) mass is 246 g/mol. The van der Waals surface area contributed by atoms with E-state index in [0.29, 0.717) is 6.04 Å². The lowest BCUT2D eigenvalue weighted by Gasteiger charge is -2.28. The van der Waals surface area contributed by atoms with Gasteiger partial charge in [-0.2, -0.15) is 0 Å². The molecule has 0 amide bonds. The molecule has 2 heteroatoms. The number of benzene rings is 1. The number of nitrogens with one attached hydrogen (secondary N) is 2. The van der Waals surface area contributed by atoms with Gasteiger partial charge in [-0.25, -0.2) is 0 Å². The van der Waals surface area contributed by atoms with Crippen LogP contribution in [0.1, 0.15) is 42.0 Å². The summed E-state index contributed by atoms with van der Waals surface area (Å²) < 4.78 is 0. The second kappa shape index (κ2) is 6.35. The van der Waals surface area contributed by atoms with Crippen molar-refractivity contribution >= 4 is 0 Å². The Morgan fingerprint density at radius 3 is 2.61 bits per heavy atom. The fourth-order valence-electron chi connectivity index (χ4n) is 3.07. The minimum atomic E-state index is 0.508. The Bertz CT molecular complexity index is 381. The van der Waals surface area contributed by atoms with Gasteiger partial charge in [-0.1, -0.05) is 23.8 Å². The van der Waals surface area contributed by atoms with E-state index in [0.717, 1.165) is 5.92 Å². The van der Waals surface area contributed by atoms with E-state index in [9.17, 15) is 0 Å². The Kier molecular flexibility index (Phi) is 4.79. The summed E-state index contributed by atoms with van der Waals surface area (Å²) in [6.45, 7) is 6.77. The fourth-order valence-corrected chi connectivity index (χ4v) is 3.07. The molecule has 1 unspecified atom stereocenters. The minimum absolute atomic E-state index is 0.508. The van der Waals surface area contributed by atoms with Crippen molar-refractivity contribution in [2.75, 3.05) is 20.1 Å². The molecule has 18 heavy (non-hydrogen) atoms. The van der Waals surface area contributed by atoms with Gasteiger partial charge >= 0.3 is 0 Å². The highest BCUT2D eigenvalue weighted by Crippen LogP contribution is 2.28. The van der Waals surface area contributed by atoms with Gasteiger partial charge in [0.1, 0.15) is 0 Å². The van der Waals surface area contributed by atoms with Crippen molar-refractivity contribution < 1.29 is 0 Å². The number of aryl methyl sites for hydroxylation is 2. The van der Waals surface area contributed by atoms with E-state index in [-0.39, 0.29) is 0 Å². The van der Waals surface area contributed by atoms with Gasteiger partial charge in [-0.3, -0.25) is 0 Å². The minimum Gasteiger partial charge on any atom is -0.317 e. The lowest BCUT2D eigenvalue weighted by Crippen LogP contribution is -2.30. The first-order valence-corrected chi connectivity index (χ1v) is 7.16. The van der Waals surface area contributed by atoms with E-state index in [1.807, 2.05) is 0 Å². The molecule has 0 radical (unpaired) electrons. The van der Waals surface area contributed by atoms with Crippen molar-refractivity contribution in [3.63, 3.8) is 0 Å². The third-order valence-electron chi connectivity index (χ3n) is 4.18. The maximum atomic E-state index is 3.51. The average Bonchev–Trinajstić information content (AvgIpc) is 2.38. The molecular weight excluding hydrogens is 220 g/mol. The van der Waals surface area contributed by atoms with E-state index in [2.05, 4.69) is 49.7 Å². The van der Waals surface area contributed by atoms with Crippen molar-refractivity contribution in [2.45, 2.75) is 39.2 Å². The normalized spacial score (nSPS) is 18.8. The van der Waals surface area contributed by atoms with E-state index in [1.54, 1.807) is 0 Å². The smallest absolute Gasteiger partial charge is 0.0322 e. The molecule has 1 atom stereocenters. The van der Waals surface area contributed by atoms with Crippen molar-refractivity contribution in [2.24, 2.45) is 5.92 Å². The van der Waals surface area contributed by atoms with Crippen LogP contribution in [-0.2, 0) is 0 Å². The summed E-state index contributed by atoms with van der Waals surface area (Å²) in [4.78, 5) is 0. The number of rotatable bonds is 4. The van der Waals surface area contributed by atoms with E-state index >= 15 is 0 Å². The quantitative estimate of drug-likeness (QED) is 0.853. The number of hydrogen-bond donors (Lipinski definition) is 2. The Balaban J connectivity index is 2.07. The average molecular weight is 246 g/mol. The zero-order valence-electron chi connectivity index (χ0n) is 11.9. The van der Waals surface area contributed by atoms with Crippen LogP contribution in [0.2, 0.25) is 0 Å². The van der Waals surface area contributed by atoms with Gasteiger partial charge in [-0.05, 0) is 70.3 Å². The summed E-state index contributed by atoms with van der Waals surface area (Å²) in [6.07, 6.45) is 3.91. The first kappa shape index (κ1) is 13.6. The summed E-state index contributed by atoms with van der Waals surface area (Å²) >= 11 is 0. The van der Waals surface area contributed by atoms with E-state index in [4.69, 9.17) is 0 Å². The molecule has 0 bridgehead atoms. The first-order valence-electron chi connectivity index (χ1n) is 7.16. The number of hydrogen-bond acceptors (Lipinski definition) is 2. The molecule has 0 spiro atoms. The summed E-state index contributed by atoms with van der Waals surface area (Å²) in [7, 11) is 2.09. The molecule has 0 saturated carbocycles. The second-order valence-electron chi connectivity index (χ2n) is 5.63. The highest BCUT2D eigenvalue weighted by atomic mass is 14.9. The third kappa shape index (κ3) is 3.33. The van der Waals surface area contributed by atoms with Gasteiger partial charge in [0.05, 0.1) is 0 Å². The van der Waals surface area contributed by atoms with Crippen molar-refractivity contribution in [3.05, 3.63) is 34.9 Å². The molecular formula is C16H26N2. The molecule has 0 aliphatic carbocycles. The largest absolute Gasteiger partial charge is 0.317 e. The van der Waals surface area contributed by atoms with E-state index < -0.39 is 0 Å². The maximum absolute atomic E-state index is 3.51. The highest BCUT2D eigenvalue weighted by Gasteiger charge is 2.19. The fraction of sp³-hybridized carbons (Fsp3) is 0.625. The van der Waals surface area contributed by atoms with Crippen molar-refractivity contribution in [3.8, 4) is 0 Å². The van der Waals surface area contributed by atoms with Crippen LogP contribution < -0.4 is 10.6 Å². The molecule has 2 rings (SSSR count). The molecule has 1 saturated heterocycles. The van der Waals surface area contributed by atoms with Gasteiger partial charge in [0, 0.05) is 6.04 Å². The van der Waals surface area contributed by atoms with Crippen LogP contribution in [0.3, 0.4) is 0 Å². The molecule has 100 valence electrons. The Morgan fingerprint density at radius 2 is 2.00 bits per heavy atom. The SMILES string of the molecule is CNC(CC1CCNCC1)c1ccc(C)cc1C. The van der Waals surface area contributed by atoms with Crippen LogP contribution in [-0.4, -0.2) is 20.1 Å². The molecule has 1 heterocycles. The number of piperidine rings is 1. The van der Waals surface area contributed by atoms with Gasteiger partial charge in [0.15, 0.2) is 0 Å². The predicted octanol–water partition coefficient (Wildman–Crippen LogP) is 2.95. The summed E-state index contributed by atoms with van der Waals surface area (Å²) in [5, 5.41) is 6.95. The summed E-state index contributed by atoms with van der Waals surface area (Å²) in [6, 6.07) is 7.33. The highest BCUT2D eigenvalue weighted by molar-refractivity contribution is 5.32. The third-order valence-corrected chi connectivity index (χ3v) is 4.18. The molecule has 1 fully saturated rings. The van der Waals surface area contributed by atoms with Crippen LogP contribution in [0.15, 0.2) is 18.2 Å². The van der Waals surface area contributed by atoms with Crippen molar-refractivity contribution in [1.29, 1.82) is 0 Å². The molecule has 2 N–H and O–H groups in total.